The molecule has 268 valence electrons. The molecule has 3 aliphatic heterocycles. The van der Waals surface area contributed by atoms with Crippen LogP contribution in [0.1, 0.15) is 92.4 Å². The first-order valence-corrected chi connectivity index (χ1v) is 18.9. The number of piperidine rings is 2. The van der Waals surface area contributed by atoms with Gasteiger partial charge in [-0.2, -0.15) is 0 Å². The number of likely N-dealkylation sites (N-methyl/N-ethyl adjacent to an activating group) is 1. The van der Waals surface area contributed by atoms with Crippen LogP contribution in [-0.4, -0.2) is 120 Å². The van der Waals surface area contributed by atoms with E-state index in [4.69, 9.17) is 4.74 Å². The van der Waals surface area contributed by atoms with Gasteiger partial charge in [-0.3, -0.25) is 4.79 Å². The molecule has 3 saturated carbocycles. The van der Waals surface area contributed by atoms with Gasteiger partial charge in [-0.15, -0.1) is 0 Å². The Morgan fingerprint density at radius 3 is 2.31 bits per heavy atom. The number of carbonyl (C=O) groups is 2. The Bertz CT molecular complexity index is 1260. The van der Waals surface area contributed by atoms with Crippen molar-refractivity contribution >= 4 is 17.7 Å². The summed E-state index contributed by atoms with van der Waals surface area (Å²) < 4.78 is 5.52. The number of hydrogen-bond donors (Lipinski definition) is 1. The fourth-order valence-electron chi connectivity index (χ4n) is 9.88. The molecule has 1 N–H and O–H groups in total. The van der Waals surface area contributed by atoms with Gasteiger partial charge in [0.05, 0.1) is 12.3 Å². The van der Waals surface area contributed by atoms with Gasteiger partial charge in [0.25, 0.3) is 0 Å². The molecule has 2 bridgehead atoms. The van der Waals surface area contributed by atoms with Crippen molar-refractivity contribution in [2.45, 2.75) is 109 Å². The highest BCUT2D eigenvalue weighted by molar-refractivity contribution is 5.93. The quantitative estimate of drug-likeness (QED) is 0.345. The maximum absolute atomic E-state index is 14.3. The van der Waals surface area contributed by atoms with Gasteiger partial charge in [0, 0.05) is 45.0 Å². The van der Waals surface area contributed by atoms with Gasteiger partial charge in [-0.05, 0) is 134 Å². The van der Waals surface area contributed by atoms with Crippen LogP contribution in [0, 0.1) is 23.2 Å². The van der Waals surface area contributed by atoms with Gasteiger partial charge in [0.2, 0.25) is 5.91 Å². The molecular formula is C39H63N5O4. The van der Waals surface area contributed by atoms with Gasteiger partial charge in [0.15, 0.2) is 0 Å². The van der Waals surface area contributed by atoms with Crippen LogP contribution in [0.4, 0.5) is 10.5 Å². The highest BCUT2D eigenvalue weighted by Crippen LogP contribution is 2.62. The standard InChI is InChI=1S/C39H63N5O4/c1-36(2,3)48-35(46)42-25-16-38(47,17-26-42)28-40(6)20-10-21-43-29-44(32-11-8-7-9-12-32)39(34(43)45)18-23-41(24-19-39)22-15-30-13-14-31-27-33(30)37(31,4)5/h7-9,11-12,30-31,33,47H,10,13-29H2,1-6H3. The molecule has 1 aromatic rings. The summed E-state index contributed by atoms with van der Waals surface area (Å²) in [5.41, 5.74) is -0.132. The number of hydrogen-bond acceptors (Lipinski definition) is 7. The number of likely N-dealkylation sites (tertiary alicyclic amines) is 2. The Balaban J connectivity index is 0.991. The number of carbonyl (C=O) groups excluding carboxylic acids is 2. The molecule has 6 fully saturated rings. The number of ether oxygens (including phenoxy) is 1. The summed E-state index contributed by atoms with van der Waals surface area (Å²) in [6.45, 7) is 17.4. The number of fused-ring (bicyclic) bond motifs is 2. The van der Waals surface area contributed by atoms with Crippen molar-refractivity contribution < 1.29 is 19.4 Å². The van der Waals surface area contributed by atoms with Crippen LogP contribution in [0.3, 0.4) is 0 Å². The number of benzene rings is 1. The van der Waals surface area contributed by atoms with Crippen molar-refractivity contribution in [3.8, 4) is 0 Å². The molecule has 9 heteroatoms. The van der Waals surface area contributed by atoms with E-state index in [9.17, 15) is 14.7 Å². The molecule has 3 unspecified atom stereocenters. The number of amides is 2. The molecule has 7 rings (SSSR count). The zero-order chi connectivity index (χ0) is 34.3. The van der Waals surface area contributed by atoms with Crippen LogP contribution in [-0.2, 0) is 9.53 Å². The van der Waals surface area contributed by atoms with Gasteiger partial charge in [-0.1, -0.05) is 32.0 Å². The predicted octanol–water partition coefficient (Wildman–Crippen LogP) is 5.67. The average molecular weight is 666 g/mol. The molecule has 3 aliphatic carbocycles. The van der Waals surface area contributed by atoms with E-state index in [2.05, 4.69) is 70.8 Å². The maximum Gasteiger partial charge on any atom is 0.410 e. The molecule has 3 atom stereocenters. The molecule has 1 spiro atoms. The second-order valence-electron chi connectivity index (χ2n) is 17.6. The summed E-state index contributed by atoms with van der Waals surface area (Å²) in [5, 5.41) is 11.3. The molecule has 0 aromatic heterocycles. The number of nitrogens with zero attached hydrogens (tertiary/aromatic N) is 5. The lowest BCUT2D eigenvalue weighted by Gasteiger charge is -2.60. The number of aliphatic hydroxyl groups is 1. The van der Waals surface area contributed by atoms with Gasteiger partial charge < -0.3 is 34.3 Å². The lowest BCUT2D eigenvalue weighted by Crippen LogP contribution is -2.57. The minimum Gasteiger partial charge on any atom is -0.444 e. The van der Waals surface area contributed by atoms with Gasteiger partial charge >= 0.3 is 6.09 Å². The largest absolute Gasteiger partial charge is 0.444 e. The third kappa shape index (κ3) is 7.39. The summed E-state index contributed by atoms with van der Waals surface area (Å²) >= 11 is 0. The zero-order valence-electron chi connectivity index (χ0n) is 30.8. The average Bonchev–Trinajstić information content (AvgIpc) is 3.30. The lowest BCUT2D eigenvalue weighted by atomic mass is 9.45. The lowest BCUT2D eigenvalue weighted by molar-refractivity contribution is -0.134. The Kier molecular flexibility index (Phi) is 10.2. The Hall–Kier alpha value is -2.36. The Morgan fingerprint density at radius 1 is 1.00 bits per heavy atom. The maximum atomic E-state index is 14.3. The zero-order valence-corrected chi connectivity index (χ0v) is 30.8. The van der Waals surface area contributed by atoms with Crippen LogP contribution >= 0.6 is 0 Å². The second kappa shape index (κ2) is 13.7. The van der Waals surface area contributed by atoms with E-state index in [1.807, 2.05) is 20.8 Å². The van der Waals surface area contributed by atoms with Crippen LogP contribution in [0.5, 0.6) is 0 Å². The van der Waals surface area contributed by atoms with Crippen molar-refractivity contribution in [3.05, 3.63) is 30.3 Å². The van der Waals surface area contributed by atoms with Crippen molar-refractivity contribution in [1.82, 2.24) is 19.6 Å². The molecule has 6 aliphatic rings. The van der Waals surface area contributed by atoms with Crippen molar-refractivity contribution in [2.24, 2.45) is 23.2 Å². The highest BCUT2D eigenvalue weighted by Gasteiger charge is 2.55. The molecule has 3 heterocycles. The van der Waals surface area contributed by atoms with E-state index >= 15 is 0 Å². The van der Waals surface area contributed by atoms with Crippen molar-refractivity contribution in [2.75, 3.05) is 71.0 Å². The fraction of sp³-hybridized carbons (Fsp3) is 0.795. The van der Waals surface area contributed by atoms with Gasteiger partial charge in [-0.25, -0.2) is 4.79 Å². The molecule has 48 heavy (non-hydrogen) atoms. The molecule has 3 saturated heterocycles. The molecular weight excluding hydrogens is 602 g/mol. The topological polar surface area (TPSA) is 79.8 Å². The van der Waals surface area contributed by atoms with Crippen LogP contribution in [0.25, 0.3) is 0 Å². The molecule has 2 amide bonds. The van der Waals surface area contributed by atoms with E-state index in [1.54, 1.807) is 4.90 Å². The minimum atomic E-state index is -0.827. The first-order chi connectivity index (χ1) is 22.7. The summed E-state index contributed by atoms with van der Waals surface area (Å²) in [6, 6.07) is 10.5. The Labute approximate surface area is 289 Å². The highest BCUT2D eigenvalue weighted by atomic mass is 16.6. The summed E-state index contributed by atoms with van der Waals surface area (Å²) in [5.74, 6) is 3.02. The smallest absolute Gasteiger partial charge is 0.410 e. The number of para-hydroxylation sites is 1. The minimum absolute atomic E-state index is 0.288. The normalized spacial score (nSPS) is 28.2. The monoisotopic (exact) mass is 665 g/mol. The third-order valence-electron chi connectivity index (χ3n) is 13.0. The first kappa shape index (κ1) is 35.5. The summed E-state index contributed by atoms with van der Waals surface area (Å²) in [4.78, 5) is 37.8. The summed E-state index contributed by atoms with van der Waals surface area (Å²) in [6.07, 6.45) is 8.96. The van der Waals surface area contributed by atoms with E-state index in [0.717, 1.165) is 62.3 Å². The number of rotatable bonds is 10. The Morgan fingerprint density at radius 2 is 1.69 bits per heavy atom. The molecule has 9 nitrogen and oxygen atoms in total. The van der Waals surface area contributed by atoms with E-state index < -0.39 is 16.7 Å². The van der Waals surface area contributed by atoms with Crippen LogP contribution in [0.2, 0.25) is 0 Å². The third-order valence-corrected chi connectivity index (χ3v) is 13.0. The molecule has 0 radical (unpaired) electrons. The van der Waals surface area contributed by atoms with Crippen LogP contribution < -0.4 is 4.90 Å². The van der Waals surface area contributed by atoms with Crippen molar-refractivity contribution in [1.29, 1.82) is 0 Å². The SMILES string of the molecule is CN(CCCN1CN(c2ccccc2)C2(CCN(CCC3CCC4CC3C4(C)C)CC2)C1=O)CC1(O)CCN(C(=O)OC(C)(C)C)CC1. The molecule has 1 aromatic carbocycles. The van der Waals surface area contributed by atoms with Gasteiger partial charge in [0.1, 0.15) is 11.1 Å². The fourth-order valence-corrected chi connectivity index (χ4v) is 9.88. The number of anilines is 1. The van der Waals surface area contributed by atoms with E-state index in [0.29, 0.717) is 51.1 Å². The van der Waals surface area contributed by atoms with E-state index in [-0.39, 0.29) is 12.0 Å². The predicted molar refractivity (Wildman–Crippen MR) is 191 cm³/mol. The summed E-state index contributed by atoms with van der Waals surface area (Å²) in [7, 11) is 2.05. The van der Waals surface area contributed by atoms with E-state index in [1.165, 1.54) is 32.2 Å². The van der Waals surface area contributed by atoms with Crippen molar-refractivity contribution in [3.63, 3.8) is 0 Å². The van der Waals surface area contributed by atoms with Crippen LogP contribution in [0.15, 0.2) is 30.3 Å². The first-order valence-electron chi connectivity index (χ1n) is 18.9. The second-order valence-corrected chi connectivity index (χ2v) is 17.6.